The van der Waals surface area contributed by atoms with Gasteiger partial charge in [0, 0.05) is 42.3 Å². The number of benzene rings is 1. The first-order valence-electron chi connectivity index (χ1n) is 8.22. The number of halogens is 1. The van der Waals surface area contributed by atoms with Gasteiger partial charge in [0.25, 0.3) is 5.56 Å². The van der Waals surface area contributed by atoms with Crippen LogP contribution in [0.2, 0.25) is 0 Å². The number of nitrogens with one attached hydrogen (secondary N) is 1. The third-order valence-electron chi connectivity index (χ3n) is 4.16. The summed E-state index contributed by atoms with van der Waals surface area (Å²) in [5, 5.41) is 7.98. The van der Waals surface area contributed by atoms with E-state index in [0.29, 0.717) is 23.3 Å². The monoisotopic (exact) mass is 349 g/mol. The molecule has 0 saturated carbocycles. The van der Waals surface area contributed by atoms with Gasteiger partial charge in [-0.3, -0.25) is 4.79 Å². The van der Waals surface area contributed by atoms with Gasteiger partial charge in [-0.25, -0.2) is 14.1 Å². The molecule has 3 aromatic heterocycles. The van der Waals surface area contributed by atoms with Crippen molar-refractivity contribution in [1.82, 2.24) is 19.3 Å². The Morgan fingerprint density at radius 2 is 2.00 bits per heavy atom. The molecule has 0 amide bonds. The fourth-order valence-corrected chi connectivity index (χ4v) is 2.89. The topological polar surface area (TPSA) is 64.7 Å². The smallest absolute Gasteiger partial charge is 0.287 e. The van der Waals surface area contributed by atoms with Crippen LogP contribution in [0, 0.1) is 5.82 Å². The van der Waals surface area contributed by atoms with E-state index in [1.165, 1.54) is 10.6 Å². The van der Waals surface area contributed by atoms with Crippen molar-refractivity contribution >= 4 is 22.4 Å². The number of rotatable bonds is 4. The molecule has 130 valence electrons. The van der Waals surface area contributed by atoms with Gasteiger partial charge in [-0.15, -0.1) is 0 Å². The van der Waals surface area contributed by atoms with Gasteiger partial charge in [-0.05, 0) is 43.3 Å². The van der Waals surface area contributed by atoms with Gasteiger partial charge in [0.15, 0.2) is 5.82 Å². The molecular formula is C19H16FN5O. The summed E-state index contributed by atoms with van der Waals surface area (Å²) in [6.07, 6.45) is 5.15. The average Bonchev–Trinajstić information content (AvgIpc) is 3.19. The maximum absolute atomic E-state index is 13.7. The third-order valence-corrected chi connectivity index (χ3v) is 4.16. The Morgan fingerprint density at radius 1 is 1.19 bits per heavy atom. The first kappa shape index (κ1) is 16.0. The van der Waals surface area contributed by atoms with Crippen molar-refractivity contribution in [3.8, 4) is 5.69 Å². The zero-order valence-corrected chi connectivity index (χ0v) is 14.1. The van der Waals surface area contributed by atoms with Crippen molar-refractivity contribution in [3.05, 3.63) is 77.2 Å². The SMILES string of the molecule is CCn1c(=O)c(F)cc2cnc(Nc3ccc(-n4cccn4)cc3)cc21. The van der Waals surface area contributed by atoms with Crippen molar-refractivity contribution in [3.63, 3.8) is 0 Å². The summed E-state index contributed by atoms with van der Waals surface area (Å²) in [5.41, 5.74) is 1.81. The maximum Gasteiger partial charge on any atom is 0.287 e. The van der Waals surface area contributed by atoms with Gasteiger partial charge in [0.2, 0.25) is 0 Å². The van der Waals surface area contributed by atoms with E-state index in [1.54, 1.807) is 23.1 Å². The molecular weight excluding hydrogens is 333 g/mol. The van der Waals surface area contributed by atoms with Gasteiger partial charge in [-0.2, -0.15) is 5.10 Å². The van der Waals surface area contributed by atoms with E-state index in [2.05, 4.69) is 15.4 Å². The van der Waals surface area contributed by atoms with Crippen LogP contribution in [0.25, 0.3) is 16.6 Å². The summed E-state index contributed by atoms with van der Waals surface area (Å²) >= 11 is 0. The van der Waals surface area contributed by atoms with Crippen molar-refractivity contribution < 1.29 is 4.39 Å². The lowest BCUT2D eigenvalue weighted by atomic mass is 10.2. The van der Waals surface area contributed by atoms with Crippen LogP contribution >= 0.6 is 0 Å². The minimum absolute atomic E-state index is 0.384. The summed E-state index contributed by atoms with van der Waals surface area (Å²) in [5.74, 6) is -0.186. The van der Waals surface area contributed by atoms with Crippen molar-refractivity contribution in [2.24, 2.45) is 0 Å². The van der Waals surface area contributed by atoms with Crippen LogP contribution < -0.4 is 10.9 Å². The first-order valence-corrected chi connectivity index (χ1v) is 8.22. The summed E-state index contributed by atoms with van der Waals surface area (Å²) < 4.78 is 16.9. The molecule has 4 rings (SSSR count). The zero-order valence-electron chi connectivity index (χ0n) is 14.1. The fourth-order valence-electron chi connectivity index (χ4n) is 2.89. The number of aromatic nitrogens is 4. The van der Waals surface area contributed by atoms with Gasteiger partial charge >= 0.3 is 0 Å². The molecule has 0 spiro atoms. The number of pyridine rings is 2. The quantitative estimate of drug-likeness (QED) is 0.613. The van der Waals surface area contributed by atoms with Crippen LogP contribution in [-0.4, -0.2) is 19.3 Å². The minimum atomic E-state index is -0.768. The molecule has 0 aliphatic rings. The number of fused-ring (bicyclic) bond motifs is 1. The van der Waals surface area contributed by atoms with E-state index in [9.17, 15) is 9.18 Å². The van der Waals surface area contributed by atoms with Crippen LogP contribution in [0.15, 0.2) is 65.8 Å². The predicted molar refractivity (Wildman–Crippen MR) is 98.5 cm³/mol. The Kier molecular flexibility index (Phi) is 3.96. The molecule has 1 N–H and O–H groups in total. The van der Waals surface area contributed by atoms with Crippen molar-refractivity contribution in [1.29, 1.82) is 0 Å². The molecule has 0 aliphatic heterocycles. The second kappa shape index (κ2) is 6.44. The molecule has 0 unspecified atom stereocenters. The highest BCUT2D eigenvalue weighted by Gasteiger charge is 2.09. The Bertz CT molecular complexity index is 1120. The highest BCUT2D eigenvalue weighted by molar-refractivity contribution is 5.81. The number of hydrogen-bond donors (Lipinski definition) is 1. The Morgan fingerprint density at radius 3 is 2.69 bits per heavy atom. The zero-order chi connectivity index (χ0) is 18.1. The molecule has 0 saturated heterocycles. The second-order valence-corrected chi connectivity index (χ2v) is 5.79. The predicted octanol–water partition coefficient (Wildman–Crippen LogP) is 3.48. The molecule has 0 atom stereocenters. The van der Waals surface area contributed by atoms with E-state index in [1.807, 2.05) is 43.5 Å². The molecule has 0 aliphatic carbocycles. The second-order valence-electron chi connectivity index (χ2n) is 5.79. The van der Waals surface area contributed by atoms with Crippen LogP contribution in [0.5, 0.6) is 0 Å². The van der Waals surface area contributed by atoms with E-state index >= 15 is 0 Å². The Labute approximate surface area is 148 Å². The summed E-state index contributed by atoms with van der Waals surface area (Å²) in [6, 6.07) is 12.5. The Balaban J connectivity index is 1.67. The lowest BCUT2D eigenvalue weighted by Gasteiger charge is -2.11. The summed E-state index contributed by atoms with van der Waals surface area (Å²) in [7, 11) is 0. The molecule has 7 heteroatoms. The number of nitrogens with zero attached hydrogens (tertiary/aromatic N) is 4. The molecule has 1 aromatic carbocycles. The third kappa shape index (κ3) is 2.83. The van der Waals surface area contributed by atoms with Gasteiger partial charge in [0.05, 0.1) is 11.2 Å². The van der Waals surface area contributed by atoms with E-state index < -0.39 is 11.4 Å². The molecule has 0 fully saturated rings. The lowest BCUT2D eigenvalue weighted by Crippen LogP contribution is -2.22. The lowest BCUT2D eigenvalue weighted by molar-refractivity contribution is 0.585. The van der Waals surface area contributed by atoms with E-state index in [4.69, 9.17) is 0 Å². The van der Waals surface area contributed by atoms with Crippen LogP contribution in [0.1, 0.15) is 6.92 Å². The first-order chi connectivity index (χ1) is 12.7. The molecule has 3 heterocycles. The largest absolute Gasteiger partial charge is 0.340 e. The van der Waals surface area contributed by atoms with Gasteiger partial charge in [0.1, 0.15) is 5.82 Å². The highest BCUT2D eigenvalue weighted by Crippen LogP contribution is 2.21. The Hall–Kier alpha value is -3.48. The number of anilines is 2. The fraction of sp³-hybridized carbons (Fsp3) is 0.105. The van der Waals surface area contributed by atoms with Crippen molar-refractivity contribution in [2.75, 3.05) is 5.32 Å². The molecule has 0 radical (unpaired) electrons. The van der Waals surface area contributed by atoms with Gasteiger partial charge < -0.3 is 9.88 Å². The molecule has 0 bridgehead atoms. The van der Waals surface area contributed by atoms with Crippen LogP contribution in [-0.2, 0) is 6.54 Å². The van der Waals surface area contributed by atoms with Crippen LogP contribution in [0.3, 0.4) is 0 Å². The molecule has 26 heavy (non-hydrogen) atoms. The van der Waals surface area contributed by atoms with Gasteiger partial charge in [-0.1, -0.05) is 0 Å². The van der Waals surface area contributed by atoms with E-state index in [0.717, 1.165) is 11.4 Å². The standard InChI is InChI=1S/C19H16FN5O/c1-2-24-17-11-18(21-12-13(17)10-16(20)19(24)26)23-14-4-6-15(7-5-14)25-9-3-8-22-25/h3-12H,2H2,1H3,(H,21,23). The highest BCUT2D eigenvalue weighted by atomic mass is 19.1. The van der Waals surface area contributed by atoms with E-state index in [-0.39, 0.29) is 0 Å². The average molecular weight is 349 g/mol. The number of hydrogen-bond acceptors (Lipinski definition) is 4. The summed E-state index contributed by atoms with van der Waals surface area (Å²) in [6.45, 7) is 2.19. The molecule has 4 aromatic rings. The maximum atomic E-state index is 13.7. The van der Waals surface area contributed by atoms with Crippen LogP contribution in [0.4, 0.5) is 15.9 Å². The molecule has 6 nitrogen and oxygen atoms in total. The minimum Gasteiger partial charge on any atom is -0.340 e. The van der Waals surface area contributed by atoms with Crippen molar-refractivity contribution in [2.45, 2.75) is 13.5 Å². The normalized spacial score (nSPS) is 11.0. The number of aryl methyl sites for hydroxylation is 1. The summed E-state index contributed by atoms with van der Waals surface area (Å²) in [4.78, 5) is 16.3.